The Morgan fingerprint density at radius 3 is 2.76 bits per heavy atom. The largest absolute Gasteiger partial charge is 0.486 e. The molecule has 0 fully saturated rings. The number of hydrogen-bond donors (Lipinski definition) is 2. The second-order valence-corrected chi connectivity index (χ2v) is 6.17. The van der Waals surface area contributed by atoms with Gasteiger partial charge in [-0.3, -0.25) is 9.59 Å². The lowest BCUT2D eigenvalue weighted by Gasteiger charge is -2.28. The summed E-state index contributed by atoms with van der Waals surface area (Å²) in [4.78, 5) is 24.5. The number of benzene rings is 2. The predicted molar refractivity (Wildman–Crippen MR) is 91.7 cm³/mol. The summed E-state index contributed by atoms with van der Waals surface area (Å²) in [5.74, 6) is 0.893. The lowest BCUT2D eigenvalue weighted by Crippen LogP contribution is -2.49. The average Bonchev–Trinajstić information content (AvgIpc) is 2.62. The molecule has 0 aliphatic carbocycles. The van der Waals surface area contributed by atoms with Crippen LogP contribution < -0.4 is 20.1 Å². The number of para-hydroxylation sites is 3. The van der Waals surface area contributed by atoms with E-state index in [2.05, 4.69) is 10.6 Å². The highest BCUT2D eigenvalue weighted by molar-refractivity contribution is 6.00. The van der Waals surface area contributed by atoms with Gasteiger partial charge in [0.1, 0.15) is 18.8 Å². The molecule has 0 bridgehead atoms. The van der Waals surface area contributed by atoms with Crippen LogP contribution in [0.3, 0.4) is 0 Å². The Labute approximate surface area is 145 Å². The van der Waals surface area contributed by atoms with Crippen molar-refractivity contribution in [3.63, 3.8) is 0 Å². The number of fused-ring (bicyclic) bond motifs is 2. The van der Waals surface area contributed by atoms with Crippen molar-refractivity contribution in [2.75, 3.05) is 11.9 Å². The first-order chi connectivity index (χ1) is 12.2. The van der Waals surface area contributed by atoms with Crippen molar-refractivity contribution in [1.82, 2.24) is 5.32 Å². The van der Waals surface area contributed by atoms with Crippen molar-refractivity contribution in [2.45, 2.75) is 25.0 Å². The molecule has 2 unspecified atom stereocenters. The van der Waals surface area contributed by atoms with Gasteiger partial charge in [-0.15, -0.1) is 0 Å². The Hall–Kier alpha value is -3.02. The predicted octanol–water partition coefficient (Wildman–Crippen LogP) is 1.90. The molecule has 128 valence electrons. The van der Waals surface area contributed by atoms with E-state index in [4.69, 9.17) is 9.47 Å². The highest BCUT2D eigenvalue weighted by atomic mass is 16.6. The number of rotatable bonds is 3. The monoisotopic (exact) mass is 338 g/mol. The number of ether oxygens (including phenoxy) is 2. The fraction of sp³-hybridized carbons (Fsp3) is 0.263. The third kappa shape index (κ3) is 3.28. The molecule has 6 nitrogen and oxygen atoms in total. The van der Waals surface area contributed by atoms with E-state index in [0.29, 0.717) is 24.5 Å². The van der Waals surface area contributed by atoms with Crippen LogP contribution in [0.4, 0.5) is 5.69 Å². The maximum absolute atomic E-state index is 12.3. The van der Waals surface area contributed by atoms with E-state index < -0.39 is 6.04 Å². The van der Waals surface area contributed by atoms with E-state index in [1.54, 1.807) is 0 Å². The number of anilines is 1. The fourth-order valence-electron chi connectivity index (χ4n) is 3.09. The molecule has 2 aliphatic heterocycles. The van der Waals surface area contributed by atoms with Gasteiger partial charge in [0.2, 0.25) is 11.8 Å². The van der Waals surface area contributed by atoms with Crippen LogP contribution in [-0.2, 0) is 16.0 Å². The molecule has 6 heteroatoms. The Kier molecular flexibility index (Phi) is 4.01. The highest BCUT2D eigenvalue weighted by Gasteiger charge is 2.29. The molecule has 0 spiro atoms. The van der Waals surface area contributed by atoms with E-state index in [-0.39, 0.29) is 24.3 Å². The zero-order valence-electron chi connectivity index (χ0n) is 13.5. The summed E-state index contributed by atoms with van der Waals surface area (Å²) in [6.45, 7) is 0.310. The van der Waals surface area contributed by atoms with Crippen molar-refractivity contribution in [1.29, 1.82) is 0 Å². The lowest BCUT2D eigenvalue weighted by molar-refractivity contribution is -0.128. The van der Waals surface area contributed by atoms with Crippen molar-refractivity contribution in [3.05, 3.63) is 54.1 Å². The summed E-state index contributed by atoms with van der Waals surface area (Å²) in [7, 11) is 0. The Balaban J connectivity index is 1.36. The Bertz CT molecular complexity index is 821. The molecular weight excluding hydrogens is 320 g/mol. The van der Waals surface area contributed by atoms with Crippen LogP contribution in [-0.4, -0.2) is 30.6 Å². The second kappa shape index (κ2) is 6.47. The molecule has 0 saturated carbocycles. The van der Waals surface area contributed by atoms with Gasteiger partial charge in [-0.2, -0.15) is 0 Å². The van der Waals surface area contributed by atoms with Gasteiger partial charge < -0.3 is 20.1 Å². The first-order valence-corrected chi connectivity index (χ1v) is 8.25. The van der Waals surface area contributed by atoms with E-state index >= 15 is 0 Å². The molecule has 0 saturated heterocycles. The highest BCUT2D eigenvalue weighted by Crippen LogP contribution is 2.31. The topological polar surface area (TPSA) is 76.7 Å². The molecule has 2 atom stereocenters. The molecule has 0 radical (unpaired) electrons. The van der Waals surface area contributed by atoms with Crippen molar-refractivity contribution < 1.29 is 19.1 Å². The summed E-state index contributed by atoms with van der Waals surface area (Å²) < 4.78 is 11.4. The summed E-state index contributed by atoms with van der Waals surface area (Å²) in [6, 6.07) is 14.4. The minimum atomic E-state index is -0.570. The van der Waals surface area contributed by atoms with Gasteiger partial charge >= 0.3 is 0 Å². The van der Waals surface area contributed by atoms with Gasteiger partial charge in [-0.1, -0.05) is 30.3 Å². The van der Waals surface area contributed by atoms with Gasteiger partial charge in [-0.05, 0) is 23.8 Å². The summed E-state index contributed by atoms with van der Waals surface area (Å²) in [6.07, 6.45) is 0.257. The molecule has 2 N–H and O–H groups in total. The molecule has 2 aromatic carbocycles. The Morgan fingerprint density at radius 1 is 1.12 bits per heavy atom. The van der Waals surface area contributed by atoms with E-state index in [1.807, 2.05) is 48.5 Å². The van der Waals surface area contributed by atoms with Crippen LogP contribution >= 0.6 is 0 Å². The first-order valence-electron chi connectivity index (χ1n) is 8.25. The van der Waals surface area contributed by atoms with Crippen LogP contribution in [0.5, 0.6) is 11.5 Å². The van der Waals surface area contributed by atoms with Crippen molar-refractivity contribution in [3.8, 4) is 11.5 Å². The third-order valence-corrected chi connectivity index (χ3v) is 4.33. The normalized spacial score (nSPS) is 21.0. The zero-order valence-corrected chi connectivity index (χ0v) is 13.5. The first kappa shape index (κ1) is 15.5. The molecule has 2 aliphatic rings. The maximum Gasteiger partial charge on any atom is 0.247 e. The van der Waals surface area contributed by atoms with Crippen molar-refractivity contribution in [2.24, 2.45) is 0 Å². The molecule has 4 rings (SSSR count). The third-order valence-electron chi connectivity index (χ3n) is 4.33. The number of carbonyl (C=O) groups excluding carboxylic acids is 2. The van der Waals surface area contributed by atoms with E-state index in [0.717, 1.165) is 11.3 Å². The van der Waals surface area contributed by atoms with Gasteiger partial charge in [0.25, 0.3) is 0 Å². The molecule has 2 heterocycles. The van der Waals surface area contributed by atoms with Gasteiger partial charge in [0, 0.05) is 12.1 Å². The number of nitrogens with one attached hydrogen (secondary N) is 2. The number of hydrogen-bond acceptors (Lipinski definition) is 4. The SMILES string of the molecule is O=C(CC1COc2ccccc2O1)NC1Cc2ccccc2NC1=O. The van der Waals surface area contributed by atoms with Crippen LogP contribution in [0.1, 0.15) is 12.0 Å². The molecule has 2 amide bonds. The van der Waals surface area contributed by atoms with Crippen LogP contribution in [0, 0.1) is 0 Å². The summed E-state index contributed by atoms with van der Waals surface area (Å²) in [5, 5.41) is 5.62. The van der Waals surface area contributed by atoms with Crippen LogP contribution in [0.15, 0.2) is 48.5 Å². The second-order valence-electron chi connectivity index (χ2n) is 6.17. The van der Waals surface area contributed by atoms with Gasteiger partial charge in [0.05, 0.1) is 6.42 Å². The average molecular weight is 338 g/mol. The molecule has 25 heavy (non-hydrogen) atoms. The summed E-state index contributed by atoms with van der Waals surface area (Å²) >= 11 is 0. The quantitative estimate of drug-likeness (QED) is 0.896. The minimum Gasteiger partial charge on any atom is -0.486 e. The molecular formula is C19H18N2O4. The van der Waals surface area contributed by atoms with Crippen LogP contribution in [0.2, 0.25) is 0 Å². The maximum atomic E-state index is 12.3. The summed E-state index contributed by atoms with van der Waals surface area (Å²) in [5.41, 5.74) is 1.82. The zero-order chi connectivity index (χ0) is 17.2. The molecule has 2 aromatic rings. The smallest absolute Gasteiger partial charge is 0.247 e. The Morgan fingerprint density at radius 2 is 1.88 bits per heavy atom. The van der Waals surface area contributed by atoms with Crippen LogP contribution in [0.25, 0.3) is 0 Å². The van der Waals surface area contributed by atoms with E-state index in [1.165, 1.54) is 0 Å². The molecule has 0 aromatic heterocycles. The fourth-order valence-corrected chi connectivity index (χ4v) is 3.09. The number of carbonyl (C=O) groups is 2. The number of amides is 2. The minimum absolute atomic E-state index is 0.139. The van der Waals surface area contributed by atoms with Gasteiger partial charge in [0.15, 0.2) is 11.5 Å². The van der Waals surface area contributed by atoms with Gasteiger partial charge in [-0.25, -0.2) is 0 Å². The lowest BCUT2D eigenvalue weighted by atomic mass is 9.99. The standard InChI is InChI=1S/C19H18N2O4/c22-18(10-13-11-24-16-7-3-4-8-17(16)25-13)20-15-9-12-5-1-2-6-14(12)21-19(15)23/h1-8,13,15H,9-11H2,(H,20,22)(H,21,23). The van der Waals surface area contributed by atoms with E-state index in [9.17, 15) is 9.59 Å². The van der Waals surface area contributed by atoms with Crippen molar-refractivity contribution >= 4 is 17.5 Å².